The number of benzene rings is 2. The molecule has 0 aromatic heterocycles. The highest BCUT2D eigenvalue weighted by Crippen LogP contribution is 2.17. The maximum atomic E-state index is 9.80. The molecule has 32 heavy (non-hydrogen) atoms. The van der Waals surface area contributed by atoms with Gasteiger partial charge >= 0.3 is 0 Å². The third-order valence-corrected chi connectivity index (χ3v) is 5.65. The highest BCUT2D eigenvalue weighted by molar-refractivity contribution is 5.84. The molecule has 2 N–H and O–H groups in total. The molecule has 4 heteroatoms. The van der Waals surface area contributed by atoms with Crippen LogP contribution in [0.4, 0.5) is 0 Å². The first-order valence-electron chi connectivity index (χ1n) is 12.1. The Morgan fingerprint density at radius 2 is 0.906 bits per heavy atom. The summed E-state index contributed by atoms with van der Waals surface area (Å²) in [5.41, 5.74) is 3.89. The molecule has 0 aliphatic heterocycles. The molecule has 0 amide bonds. The number of hydrogen-bond donors (Lipinski definition) is 2. The Morgan fingerprint density at radius 3 is 1.28 bits per heavy atom. The molecule has 0 saturated carbocycles. The van der Waals surface area contributed by atoms with E-state index in [1.807, 2.05) is 38.1 Å². The Kier molecular flexibility index (Phi) is 12.2. The second-order valence-corrected chi connectivity index (χ2v) is 8.73. The van der Waals surface area contributed by atoms with Crippen LogP contribution >= 0.6 is 0 Å². The van der Waals surface area contributed by atoms with E-state index in [4.69, 9.17) is 0 Å². The minimum absolute atomic E-state index is 0.301. The van der Waals surface area contributed by atoms with Gasteiger partial charge < -0.3 is 10.2 Å². The largest absolute Gasteiger partial charge is 0.507 e. The van der Waals surface area contributed by atoms with Gasteiger partial charge in [-0.1, -0.05) is 74.6 Å². The molecule has 2 rings (SSSR count). The predicted molar refractivity (Wildman–Crippen MR) is 137 cm³/mol. The first-order chi connectivity index (χ1) is 15.6. The number of nitrogens with zero attached hydrogens (tertiary/aromatic N) is 2. The number of unbranched alkanes of at least 4 members (excludes halogenated alkanes) is 9. The van der Waals surface area contributed by atoms with Gasteiger partial charge in [-0.05, 0) is 51.0 Å². The van der Waals surface area contributed by atoms with Crippen LogP contribution in [-0.2, 0) is 0 Å². The maximum Gasteiger partial charge on any atom is 0.124 e. The van der Waals surface area contributed by atoms with E-state index in [9.17, 15) is 10.2 Å². The van der Waals surface area contributed by atoms with E-state index in [0.29, 0.717) is 11.5 Å². The quantitative estimate of drug-likeness (QED) is 0.230. The molecule has 174 valence electrons. The van der Waals surface area contributed by atoms with E-state index < -0.39 is 0 Å². The van der Waals surface area contributed by atoms with Crippen LogP contribution in [-0.4, -0.2) is 35.7 Å². The summed E-state index contributed by atoms with van der Waals surface area (Å²) < 4.78 is 0. The average molecular weight is 437 g/mol. The van der Waals surface area contributed by atoms with E-state index in [-0.39, 0.29) is 0 Å². The molecule has 0 spiro atoms. The number of aromatic hydroxyl groups is 2. The summed E-state index contributed by atoms with van der Waals surface area (Å²) in [5, 5.41) is 19.6. The standard InChI is InChI=1S/C28H40N2O2/c1-23-13-15-27(31)25(19-23)21-29-17-11-9-7-5-3-4-6-8-10-12-18-30-22-26-20-24(2)14-16-28(26)32/h13-16,19-22,31-32H,3-12,17-18H2,1-2H3/b29-21+,30-22+. The summed E-state index contributed by atoms with van der Waals surface area (Å²) in [6.07, 6.45) is 16.1. The zero-order chi connectivity index (χ0) is 23.0. The molecule has 0 aliphatic rings. The second-order valence-electron chi connectivity index (χ2n) is 8.73. The van der Waals surface area contributed by atoms with Crippen molar-refractivity contribution in [1.29, 1.82) is 0 Å². The first-order valence-corrected chi connectivity index (χ1v) is 12.1. The lowest BCUT2D eigenvalue weighted by molar-refractivity contribution is 0.473. The van der Waals surface area contributed by atoms with Crippen molar-refractivity contribution in [3.05, 3.63) is 58.7 Å². The van der Waals surface area contributed by atoms with Gasteiger partial charge in [0.25, 0.3) is 0 Å². The van der Waals surface area contributed by atoms with Gasteiger partial charge in [0.05, 0.1) is 0 Å². The zero-order valence-corrected chi connectivity index (χ0v) is 19.9. The zero-order valence-electron chi connectivity index (χ0n) is 19.9. The van der Waals surface area contributed by atoms with E-state index in [1.165, 1.54) is 51.4 Å². The fraction of sp³-hybridized carbons (Fsp3) is 0.500. The van der Waals surface area contributed by atoms with Crippen LogP contribution in [0.2, 0.25) is 0 Å². The number of hydrogen-bond acceptors (Lipinski definition) is 4. The van der Waals surface area contributed by atoms with E-state index >= 15 is 0 Å². The third-order valence-electron chi connectivity index (χ3n) is 5.65. The van der Waals surface area contributed by atoms with Crippen molar-refractivity contribution in [3.63, 3.8) is 0 Å². The van der Waals surface area contributed by atoms with Crippen LogP contribution in [0, 0.1) is 13.8 Å². The Balaban J connectivity index is 1.39. The number of phenols is 2. The molecule has 0 saturated heterocycles. The van der Waals surface area contributed by atoms with Gasteiger partial charge in [-0.25, -0.2) is 0 Å². The molecule has 0 heterocycles. The Labute approximate surface area is 194 Å². The van der Waals surface area contributed by atoms with Crippen molar-refractivity contribution in [2.45, 2.75) is 78.1 Å². The molecule has 0 unspecified atom stereocenters. The van der Waals surface area contributed by atoms with Gasteiger partial charge in [-0.15, -0.1) is 0 Å². The lowest BCUT2D eigenvalue weighted by atomic mass is 10.1. The lowest BCUT2D eigenvalue weighted by Gasteiger charge is -2.02. The molecule has 2 aromatic carbocycles. The molecular formula is C28H40N2O2. The van der Waals surface area contributed by atoms with Crippen molar-refractivity contribution in [2.75, 3.05) is 13.1 Å². The minimum Gasteiger partial charge on any atom is -0.507 e. The molecule has 0 radical (unpaired) electrons. The van der Waals surface area contributed by atoms with Gasteiger partial charge in [0, 0.05) is 36.6 Å². The molecule has 2 aromatic rings. The minimum atomic E-state index is 0.301. The van der Waals surface area contributed by atoms with E-state index in [2.05, 4.69) is 9.98 Å². The summed E-state index contributed by atoms with van der Waals surface area (Å²) >= 11 is 0. The Morgan fingerprint density at radius 1 is 0.562 bits per heavy atom. The lowest BCUT2D eigenvalue weighted by Crippen LogP contribution is -1.89. The summed E-state index contributed by atoms with van der Waals surface area (Å²) in [5.74, 6) is 0.601. The van der Waals surface area contributed by atoms with Crippen molar-refractivity contribution in [1.82, 2.24) is 0 Å². The SMILES string of the molecule is Cc1ccc(O)c(/C=N/CCCCCCCCCCCC/N=C/c2cc(C)ccc2O)c1. The summed E-state index contributed by atoms with van der Waals surface area (Å²) in [6, 6.07) is 11.2. The smallest absolute Gasteiger partial charge is 0.124 e. The number of rotatable bonds is 15. The fourth-order valence-electron chi connectivity index (χ4n) is 3.70. The van der Waals surface area contributed by atoms with Gasteiger partial charge in [-0.3, -0.25) is 9.98 Å². The highest BCUT2D eigenvalue weighted by atomic mass is 16.3. The summed E-state index contributed by atoms with van der Waals surface area (Å²) in [4.78, 5) is 8.90. The number of aryl methyl sites for hydroxylation is 2. The Hall–Kier alpha value is -2.62. The molecular weight excluding hydrogens is 396 g/mol. The number of phenolic OH excluding ortho intramolecular Hbond substituents is 2. The second kappa shape index (κ2) is 15.2. The van der Waals surface area contributed by atoms with Crippen molar-refractivity contribution < 1.29 is 10.2 Å². The molecule has 0 fully saturated rings. The van der Waals surface area contributed by atoms with Gasteiger partial charge in [0.15, 0.2) is 0 Å². The topological polar surface area (TPSA) is 65.2 Å². The molecule has 0 atom stereocenters. The molecule has 4 nitrogen and oxygen atoms in total. The average Bonchev–Trinajstić information content (AvgIpc) is 2.78. The van der Waals surface area contributed by atoms with Crippen LogP contribution in [0.25, 0.3) is 0 Å². The van der Waals surface area contributed by atoms with Gasteiger partial charge in [0.1, 0.15) is 11.5 Å². The monoisotopic (exact) mass is 436 g/mol. The van der Waals surface area contributed by atoms with E-state index in [1.54, 1.807) is 24.6 Å². The van der Waals surface area contributed by atoms with Crippen LogP contribution in [0.15, 0.2) is 46.4 Å². The molecule has 0 bridgehead atoms. The van der Waals surface area contributed by atoms with Crippen LogP contribution in [0.1, 0.15) is 86.5 Å². The predicted octanol–water partition coefficient (Wildman–Crippen LogP) is 7.15. The number of aliphatic imine (C=N–C) groups is 2. The van der Waals surface area contributed by atoms with Crippen molar-refractivity contribution >= 4 is 12.4 Å². The molecule has 0 aliphatic carbocycles. The van der Waals surface area contributed by atoms with Crippen LogP contribution < -0.4 is 0 Å². The third kappa shape index (κ3) is 10.6. The van der Waals surface area contributed by atoms with Crippen LogP contribution in [0.5, 0.6) is 11.5 Å². The van der Waals surface area contributed by atoms with Crippen molar-refractivity contribution in [3.8, 4) is 11.5 Å². The fourth-order valence-corrected chi connectivity index (χ4v) is 3.70. The van der Waals surface area contributed by atoms with Crippen LogP contribution in [0.3, 0.4) is 0 Å². The first kappa shape index (κ1) is 25.6. The normalized spacial score (nSPS) is 11.7. The van der Waals surface area contributed by atoms with Crippen molar-refractivity contribution in [2.24, 2.45) is 9.98 Å². The Bertz CT molecular complexity index is 787. The van der Waals surface area contributed by atoms with Gasteiger partial charge in [-0.2, -0.15) is 0 Å². The summed E-state index contributed by atoms with van der Waals surface area (Å²) in [6.45, 7) is 5.71. The summed E-state index contributed by atoms with van der Waals surface area (Å²) in [7, 11) is 0. The highest BCUT2D eigenvalue weighted by Gasteiger charge is 1.99. The maximum absolute atomic E-state index is 9.80. The van der Waals surface area contributed by atoms with Gasteiger partial charge in [0.2, 0.25) is 0 Å². The van der Waals surface area contributed by atoms with E-state index in [0.717, 1.165) is 48.2 Å².